The minimum atomic E-state index is -0.810. The van der Waals surface area contributed by atoms with Gasteiger partial charge in [-0.05, 0) is 42.4 Å². The molecule has 0 bridgehead atoms. The summed E-state index contributed by atoms with van der Waals surface area (Å²) < 4.78 is 3.12. The van der Waals surface area contributed by atoms with Crippen LogP contribution in [0, 0.1) is 11.3 Å². The van der Waals surface area contributed by atoms with Crippen LogP contribution in [0.4, 0.5) is 10.5 Å². The molecule has 228 valence electrons. The van der Waals surface area contributed by atoms with Crippen LogP contribution in [0.5, 0.6) is 0 Å². The lowest BCUT2D eigenvalue weighted by molar-refractivity contribution is -0.135. The number of likely N-dealkylation sites (tertiary alicyclic amines) is 2. The molecule has 12 heteroatoms. The average Bonchev–Trinajstić information content (AvgIpc) is 3.17. The average molecular weight is 582 g/mol. The molecule has 0 spiro atoms. The number of rotatable bonds is 4. The van der Waals surface area contributed by atoms with Gasteiger partial charge in [-0.3, -0.25) is 33.8 Å². The molecule has 0 radical (unpaired) electrons. The van der Waals surface area contributed by atoms with Crippen molar-refractivity contribution in [1.82, 2.24) is 29.2 Å². The smallest absolute Gasteiger partial charge is 0.407 e. The number of imidazole rings is 1. The fourth-order valence-electron chi connectivity index (χ4n) is 7.51. The molecule has 2 aromatic rings. The predicted molar refractivity (Wildman–Crippen MR) is 159 cm³/mol. The van der Waals surface area contributed by atoms with Gasteiger partial charge in [-0.1, -0.05) is 20.8 Å². The molecule has 0 aliphatic carbocycles. The lowest BCUT2D eigenvalue weighted by Gasteiger charge is -2.56. The van der Waals surface area contributed by atoms with E-state index in [1.165, 1.54) is 4.57 Å². The van der Waals surface area contributed by atoms with Crippen LogP contribution in [0.25, 0.3) is 11.0 Å². The maximum atomic E-state index is 13.1. The Labute approximate surface area is 245 Å². The number of fused-ring (bicyclic) bond motifs is 1. The van der Waals surface area contributed by atoms with Gasteiger partial charge in [0, 0.05) is 83.6 Å². The second kappa shape index (κ2) is 10.7. The number of benzene rings is 1. The van der Waals surface area contributed by atoms with Gasteiger partial charge in [-0.15, -0.1) is 0 Å². The second-order valence-electron chi connectivity index (χ2n) is 13.5. The maximum Gasteiger partial charge on any atom is 0.407 e. The maximum absolute atomic E-state index is 13.1. The Kier molecular flexibility index (Phi) is 7.33. The van der Waals surface area contributed by atoms with Gasteiger partial charge in [0.2, 0.25) is 11.8 Å². The van der Waals surface area contributed by atoms with E-state index in [1.54, 1.807) is 16.5 Å². The number of aromatic nitrogens is 2. The third kappa shape index (κ3) is 5.08. The molecule has 4 aliphatic rings. The van der Waals surface area contributed by atoms with Crippen molar-refractivity contribution in [3.05, 3.63) is 28.7 Å². The van der Waals surface area contributed by atoms with E-state index in [0.717, 1.165) is 56.9 Å². The Morgan fingerprint density at radius 1 is 0.929 bits per heavy atom. The summed E-state index contributed by atoms with van der Waals surface area (Å²) in [5.41, 5.74) is 2.34. The quantitative estimate of drug-likeness (QED) is 0.522. The van der Waals surface area contributed by atoms with E-state index in [-0.39, 0.29) is 23.4 Å². The van der Waals surface area contributed by atoms with E-state index < -0.39 is 18.0 Å². The standard InChI is InChI=1S/C30H43N7O5/c1-30(2,3)21-18-35(29(41)42)10-9-22(21)36-16-20(17-36)34-13-11-33(12-14-34)19-5-6-23-25(15-19)32(4)28(40)37(23)24-7-8-26(38)31-27(24)39/h5-6,15,20-22,24H,7-14,16-18H2,1-4H3,(H,41,42)(H,31,38,39). The monoisotopic (exact) mass is 581 g/mol. The molecule has 2 N–H and O–H groups in total. The first-order valence-electron chi connectivity index (χ1n) is 15.2. The normalized spacial score (nSPS) is 26.9. The fourth-order valence-corrected chi connectivity index (χ4v) is 7.51. The molecular formula is C30H43N7O5. The number of imide groups is 1. The van der Waals surface area contributed by atoms with E-state index in [1.807, 2.05) is 18.2 Å². The van der Waals surface area contributed by atoms with Gasteiger partial charge in [-0.2, -0.15) is 0 Å². The SMILES string of the molecule is Cn1c(=O)n(C2CCC(=O)NC2=O)c2ccc(N3CCN(C4CN(C5CCN(C(=O)O)CC5C(C)(C)C)C4)CC3)cc21. The topological polar surface area (TPSA) is 123 Å². The van der Waals surface area contributed by atoms with Crippen molar-refractivity contribution in [2.75, 3.05) is 57.3 Å². The van der Waals surface area contributed by atoms with Gasteiger partial charge in [0.1, 0.15) is 6.04 Å². The highest BCUT2D eigenvalue weighted by molar-refractivity contribution is 6.00. The molecule has 42 heavy (non-hydrogen) atoms. The summed E-state index contributed by atoms with van der Waals surface area (Å²) in [7, 11) is 1.73. The number of carbonyl (C=O) groups excluding carboxylic acids is 2. The number of piperidine rings is 2. The van der Waals surface area contributed by atoms with E-state index in [4.69, 9.17) is 0 Å². The summed E-state index contributed by atoms with van der Waals surface area (Å²) >= 11 is 0. The Bertz CT molecular complexity index is 1440. The summed E-state index contributed by atoms with van der Waals surface area (Å²) in [6.07, 6.45) is 0.631. The van der Waals surface area contributed by atoms with Gasteiger partial charge < -0.3 is 14.9 Å². The number of carbonyl (C=O) groups is 3. The number of amides is 3. The first-order chi connectivity index (χ1) is 19.9. The molecule has 4 aliphatic heterocycles. The molecule has 5 heterocycles. The van der Waals surface area contributed by atoms with E-state index in [0.29, 0.717) is 43.0 Å². The third-order valence-electron chi connectivity index (χ3n) is 10.1. The summed E-state index contributed by atoms with van der Waals surface area (Å²) in [4.78, 5) is 58.0. The molecule has 4 saturated heterocycles. The lowest BCUT2D eigenvalue weighted by atomic mass is 9.72. The minimum Gasteiger partial charge on any atom is -0.465 e. The summed E-state index contributed by atoms with van der Waals surface area (Å²) in [6, 6.07) is 6.25. The third-order valence-corrected chi connectivity index (χ3v) is 10.1. The Balaban J connectivity index is 1.08. The highest BCUT2D eigenvalue weighted by atomic mass is 16.4. The predicted octanol–water partition coefficient (Wildman–Crippen LogP) is 1.54. The number of carboxylic acid groups (broad SMARTS) is 1. The van der Waals surface area contributed by atoms with Crippen LogP contribution < -0.4 is 15.9 Å². The molecule has 3 atom stereocenters. The number of nitrogens with one attached hydrogen (secondary N) is 1. The van der Waals surface area contributed by atoms with Gasteiger partial charge in [-0.25, -0.2) is 9.59 Å². The molecule has 4 fully saturated rings. The molecule has 6 rings (SSSR count). The van der Waals surface area contributed by atoms with Gasteiger partial charge in [0.05, 0.1) is 11.0 Å². The first-order valence-corrected chi connectivity index (χ1v) is 15.2. The zero-order valence-corrected chi connectivity index (χ0v) is 25.1. The largest absolute Gasteiger partial charge is 0.465 e. The van der Waals surface area contributed by atoms with E-state index in [9.17, 15) is 24.3 Å². The first kappa shape index (κ1) is 28.7. The van der Waals surface area contributed by atoms with Crippen molar-refractivity contribution in [3.63, 3.8) is 0 Å². The lowest BCUT2D eigenvalue weighted by Crippen LogP contribution is -2.68. The van der Waals surface area contributed by atoms with Crippen LogP contribution in [-0.4, -0.2) is 111 Å². The number of aryl methyl sites for hydroxylation is 1. The van der Waals surface area contributed by atoms with Crippen molar-refractivity contribution >= 4 is 34.6 Å². The van der Waals surface area contributed by atoms with Crippen LogP contribution in [0.1, 0.15) is 46.1 Å². The number of hydrogen-bond acceptors (Lipinski definition) is 7. The highest BCUT2D eigenvalue weighted by Crippen LogP contribution is 2.38. The van der Waals surface area contributed by atoms with E-state index >= 15 is 0 Å². The number of nitrogens with zero attached hydrogens (tertiary/aromatic N) is 6. The van der Waals surface area contributed by atoms with Crippen molar-refractivity contribution in [2.24, 2.45) is 18.4 Å². The van der Waals surface area contributed by atoms with Crippen molar-refractivity contribution in [1.29, 1.82) is 0 Å². The zero-order chi connectivity index (χ0) is 29.9. The zero-order valence-electron chi connectivity index (χ0n) is 25.1. The molecule has 1 aromatic heterocycles. The number of piperazine rings is 1. The second-order valence-corrected chi connectivity index (χ2v) is 13.5. The fraction of sp³-hybridized carbons (Fsp3) is 0.667. The molecule has 3 amide bonds. The Morgan fingerprint density at radius 2 is 1.64 bits per heavy atom. The Morgan fingerprint density at radius 3 is 2.29 bits per heavy atom. The van der Waals surface area contributed by atoms with E-state index in [2.05, 4.69) is 40.8 Å². The van der Waals surface area contributed by atoms with Gasteiger partial charge in [0.15, 0.2) is 0 Å². The summed E-state index contributed by atoms with van der Waals surface area (Å²) in [5, 5.41) is 11.9. The molecular weight excluding hydrogens is 538 g/mol. The minimum absolute atomic E-state index is 0.0446. The van der Waals surface area contributed by atoms with Crippen LogP contribution >= 0.6 is 0 Å². The Hall–Kier alpha value is -3.38. The molecule has 12 nitrogen and oxygen atoms in total. The van der Waals surface area contributed by atoms with Crippen molar-refractivity contribution in [3.8, 4) is 0 Å². The molecule has 0 saturated carbocycles. The molecule has 1 aromatic carbocycles. The number of anilines is 1. The summed E-state index contributed by atoms with van der Waals surface area (Å²) in [5.74, 6) is -0.401. The van der Waals surface area contributed by atoms with Gasteiger partial charge in [0.25, 0.3) is 0 Å². The summed E-state index contributed by atoms with van der Waals surface area (Å²) in [6.45, 7) is 13.7. The van der Waals surface area contributed by atoms with Crippen molar-refractivity contribution in [2.45, 2.75) is 58.2 Å². The van der Waals surface area contributed by atoms with Crippen molar-refractivity contribution < 1.29 is 19.5 Å². The van der Waals surface area contributed by atoms with Crippen LogP contribution in [0.3, 0.4) is 0 Å². The van der Waals surface area contributed by atoms with Crippen LogP contribution in [0.15, 0.2) is 23.0 Å². The number of hydrogen-bond donors (Lipinski definition) is 2. The van der Waals surface area contributed by atoms with Gasteiger partial charge >= 0.3 is 11.8 Å². The highest BCUT2D eigenvalue weighted by Gasteiger charge is 2.45. The molecule has 3 unspecified atom stereocenters. The van der Waals surface area contributed by atoms with Crippen LogP contribution in [0.2, 0.25) is 0 Å². The van der Waals surface area contributed by atoms with Crippen LogP contribution in [-0.2, 0) is 16.6 Å².